The van der Waals surface area contributed by atoms with Crippen molar-refractivity contribution in [3.8, 4) is 5.88 Å². The molecule has 3 aromatic heterocycles. The third-order valence-corrected chi connectivity index (χ3v) is 7.20. The van der Waals surface area contributed by atoms with Crippen molar-refractivity contribution in [3.63, 3.8) is 0 Å². The number of aromatic nitrogens is 3. The third-order valence-electron chi connectivity index (χ3n) is 5.51. The summed E-state index contributed by atoms with van der Waals surface area (Å²) in [6.07, 6.45) is 2.91. The smallest absolute Gasteiger partial charge is 0.282 e. The first-order valence-corrected chi connectivity index (χ1v) is 12.8. The molecule has 35 heavy (non-hydrogen) atoms. The zero-order chi connectivity index (χ0) is 25.6. The van der Waals surface area contributed by atoms with Crippen LogP contribution in [0, 0.1) is 6.92 Å². The largest absolute Gasteiger partial charge is 0.481 e. The van der Waals surface area contributed by atoms with Crippen LogP contribution in [0.2, 0.25) is 0 Å². The number of hydrogen-bond donors (Lipinski definition) is 0. The molecule has 186 valence electrons. The fraction of sp³-hybridized carbons (Fsp3) is 0.360. The first-order chi connectivity index (χ1) is 16.6. The van der Waals surface area contributed by atoms with Crippen molar-refractivity contribution in [3.05, 3.63) is 71.8 Å². The van der Waals surface area contributed by atoms with E-state index in [-0.39, 0.29) is 29.1 Å². The summed E-state index contributed by atoms with van der Waals surface area (Å²) < 4.78 is 33.4. The Kier molecular flexibility index (Phi) is 8.39. The standard InChI is InChI=1S/C25H31N5O4S/c1-6-29(16-21-9-7-8-19(4)28-21)25(31)17-30(22-11-12-23(34-5)26-15-22)35(32,33)24-13-10-20(14-27-24)18(2)3/h7-15,18H,6,16-17H2,1-5H3. The van der Waals surface area contributed by atoms with E-state index >= 15 is 0 Å². The van der Waals surface area contributed by atoms with Gasteiger partial charge in [0.05, 0.1) is 31.2 Å². The molecule has 3 aromatic rings. The normalized spacial score (nSPS) is 11.4. The van der Waals surface area contributed by atoms with E-state index < -0.39 is 16.6 Å². The minimum atomic E-state index is -4.15. The molecule has 0 radical (unpaired) electrons. The summed E-state index contributed by atoms with van der Waals surface area (Å²) >= 11 is 0. The van der Waals surface area contributed by atoms with Crippen LogP contribution < -0.4 is 9.04 Å². The second-order valence-corrected chi connectivity index (χ2v) is 10.1. The van der Waals surface area contributed by atoms with Gasteiger partial charge in [0, 0.05) is 24.5 Å². The molecule has 1 amide bonds. The molecule has 0 bridgehead atoms. The van der Waals surface area contributed by atoms with Gasteiger partial charge in [-0.15, -0.1) is 0 Å². The highest BCUT2D eigenvalue weighted by molar-refractivity contribution is 7.92. The van der Waals surface area contributed by atoms with Gasteiger partial charge in [-0.1, -0.05) is 26.0 Å². The SMILES string of the molecule is CCN(Cc1cccc(C)n1)C(=O)CN(c1ccc(OC)nc1)S(=O)(=O)c1ccc(C(C)C)cn1. The molecule has 0 spiro atoms. The molecular weight excluding hydrogens is 466 g/mol. The van der Waals surface area contributed by atoms with Crippen molar-refractivity contribution < 1.29 is 17.9 Å². The number of hydrogen-bond acceptors (Lipinski definition) is 7. The zero-order valence-corrected chi connectivity index (χ0v) is 21.5. The second kappa shape index (κ2) is 11.3. The number of aryl methyl sites for hydroxylation is 1. The highest BCUT2D eigenvalue weighted by atomic mass is 32.2. The van der Waals surface area contributed by atoms with Crippen LogP contribution in [0.1, 0.15) is 43.6 Å². The highest BCUT2D eigenvalue weighted by Gasteiger charge is 2.30. The van der Waals surface area contributed by atoms with E-state index in [1.807, 2.05) is 45.9 Å². The second-order valence-electron chi connectivity index (χ2n) is 8.33. The fourth-order valence-electron chi connectivity index (χ4n) is 3.44. The average molecular weight is 498 g/mol. The van der Waals surface area contributed by atoms with Crippen LogP contribution in [0.5, 0.6) is 5.88 Å². The highest BCUT2D eigenvalue weighted by Crippen LogP contribution is 2.25. The molecule has 9 nitrogen and oxygen atoms in total. The minimum absolute atomic E-state index is 0.145. The molecule has 0 aliphatic heterocycles. The van der Waals surface area contributed by atoms with E-state index in [1.165, 1.54) is 19.4 Å². The Hall–Kier alpha value is -3.53. The van der Waals surface area contributed by atoms with Crippen LogP contribution in [0.25, 0.3) is 0 Å². The molecule has 0 atom stereocenters. The van der Waals surface area contributed by atoms with Crippen molar-refractivity contribution in [1.82, 2.24) is 19.9 Å². The topological polar surface area (TPSA) is 106 Å². The molecule has 0 aliphatic rings. The number of methoxy groups -OCH3 is 1. The van der Waals surface area contributed by atoms with Crippen molar-refractivity contribution in [2.45, 2.75) is 45.2 Å². The number of carbonyl (C=O) groups is 1. The molecule has 0 aliphatic carbocycles. The molecule has 0 saturated heterocycles. The van der Waals surface area contributed by atoms with Gasteiger partial charge in [0.2, 0.25) is 11.8 Å². The first kappa shape index (κ1) is 26.1. The van der Waals surface area contributed by atoms with E-state index in [1.54, 1.807) is 29.3 Å². The van der Waals surface area contributed by atoms with Crippen molar-refractivity contribution in [2.75, 3.05) is 24.5 Å². The first-order valence-electron chi connectivity index (χ1n) is 11.3. The Morgan fingerprint density at radius 2 is 1.83 bits per heavy atom. The van der Waals surface area contributed by atoms with Crippen molar-refractivity contribution in [2.24, 2.45) is 0 Å². The Bertz CT molecular complexity index is 1250. The van der Waals surface area contributed by atoms with Gasteiger partial charge >= 0.3 is 0 Å². The predicted molar refractivity (Wildman–Crippen MR) is 134 cm³/mol. The molecule has 0 saturated carbocycles. The number of carbonyl (C=O) groups excluding carboxylic acids is 1. The summed E-state index contributed by atoms with van der Waals surface area (Å²) in [6.45, 7) is 7.97. The van der Waals surface area contributed by atoms with Crippen molar-refractivity contribution >= 4 is 21.6 Å². The van der Waals surface area contributed by atoms with E-state index in [9.17, 15) is 13.2 Å². The molecule has 3 rings (SSSR count). The quantitative estimate of drug-likeness (QED) is 0.422. The van der Waals surface area contributed by atoms with Gasteiger partial charge in [-0.05, 0) is 49.6 Å². The number of pyridine rings is 3. The number of anilines is 1. The summed E-state index contributed by atoms with van der Waals surface area (Å²) in [5.41, 5.74) is 2.72. The van der Waals surface area contributed by atoms with E-state index in [0.29, 0.717) is 12.4 Å². The van der Waals surface area contributed by atoms with Gasteiger partial charge in [-0.25, -0.2) is 9.97 Å². The lowest BCUT2D eigenvalue weighted by Gasteiger charge is -2.27. The predicted octanol–water partition coefficient (Wildman–Crippen LogP) is 3.56. The molecule has 0 fully saturated rings. The van der Waals surface area contributed by atoms with Crippen LogP contribution in [0.3, 0.4) is 0 Å². The number of amides is 1. The van der Waals surface area contributed by atoms with E-state index in [2.05, 4.69) is 15.0 Å². The zero-order valence-electron chi connectivity index (χ0n) is 20.7. The molecule has 0 unspecified atom stereocenters. The van der Waals surface area contributed by atoms with Crippen LogP contribution in [0.4, 0.5) is 5.69 Å². The van der Waals surface area contributed by atoms with Gasteiger partial charge in [0.15, 0.2) is 5.03 Å². The van der Waals surface area contributed by atoms with Crippen LogP contribution in [-0.2, 0) is 21.4 Å². The van der Waals surface area contributed by atoms with Gasteiger partial charge in [0.1, 0.15) is 6.54 Å². The molecule has 3 heterocycles. The minimum Gasteiger partial charge on any atom is -0.481 e. The van der Waals surface area contributed by atoms with Gasteiger partial charge in [-0.2, -0.15) is 8.42 Å². The summed E-state index contributed by atoms with van der Waals surface area (Å²) in [5.74, 6) is 0.169. The number of nitrogens with zero attached hydrogens (tertiary/aromatic N) is 5. The van der Waals surface area contributed by atoms with Gasteiger partial charge in [-0.3, -0.25) is 14.1 Å². The Morgan fingerprint density at radius 1 is 1.06 bits per heavy atom. The van der Waals surface area contributed by atoms with Crippen LogP contribution in [-0.4, -0.2) is 54.4 Å². The average Bonchev–Trinajstić information content (AvgIpc) is 2.85. The monoisotopic (exact) mass is 497 g/mol. The summed E-state index contributed by atoms with van der Waals surface area (Å²) in [6, 6.07) is 11.9. The third kappa shape index (κ3) is 6.33. The molecule has 0 N–H and O–H groups in total. The Morgan fingerprint density at radius 3 is 2.37 bits per heavy atom. The fourth-order valence-corrected chi connectivity index (χ4v) is 4.75. The lowest BCUT2D eigenvalue weighted by Crippen LogP contribution is -2.43. The van der Waals surface area contributed by atoms with Crippen LogP contribution >= 0.6 is 0 Å². The maximum absolute atomic E-state index is 13.6. The lowest BCUT2D eigenvalue weighted by atomic mass is 10.1. The van der Waals surface area contributed by atoms with Gasteiger partial charge in [0.25, 0.3) is 10.0 Å². The molecule has 10 heteroatoms. The number of ether oxygens (including phenoxy) is 1. The maximum Gasteiger partial charge on any atom is 0.282 e. The summed E-state index contributed by atoms with van der Waals surface area (Å²) in [5, 5.41) is -0.145. The lowest BCUT2D eigenvalue weighted by molar-refractivity contribution is -0.130. The van der Waals surface area contributed by atoms with E-state index in [4.69, 9.17) is 4.74 Å². The molecule has 0 aromatic carbocycles. The Labute approximate surface area is 206 Å². The van der Waals surface area contributed by atoms with Crippen molar-refractivity contribution in [1.29, 1.82) is 0 Å². The van der Waals surface area contributed by atoms with Crippen LogP contribution in [0.15, 0.2) is 59.9 Å². The number of sulfonamides is 1. The summed E-state index contributed by atoms with van der Waals surface area (Å²) in [4.78, 5) is 27.7. The summed E-state index contributed by atoms with van der Waals surface area (Å²) in [7, 11) is -2.68. The Balaban J connectivity index is 1.95. The number of likely N-dealkylation sites (N-methyl/N-ethyl adjacent to an activating group) is 1. The van der Waals surface area contributed by atoms with E-state index in [0.717, 1.165) is 21.3 Å². The molecular formula is C25H31N5O4S. The maximum atomic E-state index is 13.6. The number of rotatable bonds is 10. The van der Waals surface area contributed by atoms with Gasteiger partial charge < -0.3 is 9.64 Å².